The summed E-state index contributed by atoms with van der Waals surface area (Å²) in [5.41, 5.74) is 1.66. The highest BCUT2D eigenvalue weighted by Crippen LogP contribution is 2.27. The Hall–Kier alpha value is -2.28. The molecule has 0 atom stereocenters. The number of rotatable bonds is 4. The highest BCUT2D eigenvalue weighted by Gasteiger charge is 2.12. The summed E-state index contributed by atoms with van der Waals surface area (Å²) < 4.78 is 5.39. The van der Waals surface area contributed by atoms with Gasteiger partial charge in [0, 0.05) is 12.4 Å². The van der Waals surface area contributed by atoms with Gasteiger partial charge in [0.2, 0.25) is 0 Å². The van der Waals surface area contributed by atoms with E-state index in [1.165, 1.54) is 0 Å². The lowest BCUT2D eigenvalue weighted by molar-refractivity contribution is -0.116. The van der Waals surface area contributed by atoms with Gasteiger partial charge in [-0.25, -0.2) is 0 Å². The van der Waals surface area contributed by atoms with Crippen LogP contribution in [0, 0.1) is 11.3 Å². The van der Waals surface area contributed by atoms with Crippen LogP contribution in [0.3, 0.4) is 0 Å². The topological polar surface area (TPSA) is 57.2 Å². The van der Waals surface area contributed by atoms with Crippen molar-refractivity contribution in [2.45, 2.75) is 6.42 Å². The van der Waals surface area contributed by atoms with Crippen LogP contribution in [0.15, 0.2) is 34.9 Å². The SMILES string of the molecule is CN(CC(=O)CC#N)c1coc2ccccc12. The first-order valence-corrected chi connectivity index (χ1v) is 5.28. The third-order valence-electron chi connectivity index (χ3n) is 2.56. The number of carbonyl (C=O) groups excluding carboxylic acids is 1. The molecule has 1 heterocycles. The second-order valence-electron chi connectivity index (χ2n) is 3.85. The van der Waals surface area contributed by atoms with Crippen LogP contribution in [0.1, 0.15) is 6.42 Å². The Balaban J connectivity index is 2.22. The lowest BCUT2D eigenvalue weighted by Crippen LogP contribution is -2.24. The molecule has 0 saturated heterocycles. The molecular weight excluding hydrogens is 216 g/mol. The van der Waals surface area contributed by atoms with Crippen molar-refractivity contribution < 1.29 is 9.21 Å². The van der Waals surface area contributed by atoms with Gasteiger partial charge in [0.05, 0.1) is 24.7 Å². The number of nitrogens with zero attached hydrogens (tertiary/aromatic N) is 2. The number of nitriles is 1. The Morgan fingerprint density at radius 3 is 3.00 bits per heavy atom. The van der Waals surface area contributed by atoms with E-state index in [2.05, 4.69) is 0 Å². The van der Waals surface area contributed by atoms with Crippen molar-refractivity contribution in [2.24, 2.45) is 0 Å². The number of fused-ring (bicyclic) bond motifs is 1. The maximum Gasteiger partial charge on any atom is 0.166 e. The standard InChI is InChI=1S/C13H12N2O2/c1-15(8-10(16)6-7-14)12-9-17-13-5-3-2-4-11(12)13/h2-5,9H,6,8H2,1H3. The maximum atomic E-state index is 11.4. The molecule has 17 heavy (non-hydrogen) atoms. The average Bonchev–Trinajstić information content (AvgIpc) is 2.72. The number of para-hydroxylation sites is 1. The van der Waals surface area contributed by atoms with E-state index in [-0.39, 0.29) is 18.7 Å². The van der Waals surface area contributed by atoms with Gasteiger partial charge in [0.15, 0.2) is 5.78 Å². The Labute approximate surface area is 99.0 Å². The first-order valence-electron chi connectivity index (χ1n) is 5.28. The number of likely N-dealkylation sites (N-methyl/N-ethyl adjacent to an activating group) is 1. The molecule has 2 aromatic rings. The van der Waals surface area contributed by atoms with Gasteiger partial charge in [0.1, 0.15) is 11.8 Å². The number of ketones is 1. The van der Waals surface area contributed by atoms with Gasteiger partial charge < -0.3 is 9.32 Å². The summed E-state index contributed by atoms with van der Waals surface area (Å²) in [6, 6.07) is 9.50. The van der Waals surface area contributed by atoms with Crippen LogP contribution >= 0.6 is 0 Å². The van der Waals surface area contributed by atoms with Gasteiger partial charge in [-0.05, 0) is 12.1 Å². The highest BCUT2D eigenvalue weighted by atomic mass is 16.3. The van der Waals surface area contributed by atoms with Crippen LogP contribution < -0.4 is 4.90 Å². The predicted octanol–water partition coefficient (Wildman–Crippen LogP) is 2.35. The lowest BCUT2D eigenvalue weighted by atomic mass is 10.2. The van der Waals surface area contributed by atoms with Crippen molar-refractivity contribution in [1.82, 2.24) is 0 Å². The van der Waals surface area contributed by atoms with E-state index in [0.717, 1.165) is 16.7 Å². The molecule has 0 fully saturated rings. The number of hydrogen-bond acceptors (Lipinski definition) is 4. The Morgan fingerprint density at radius 1 is 1.47 bits per heavy atom. The third-order valence-corrected chi connectivity index (χ3v) is 2.56. The monoisotopic (exact) mass is 228 g/mol. The second kappa shape index (κ2) is 4.71. The van der Waals surface area contributed by atoms with E-state index < -0.39 is 0 Å². The van der Waals surface area contributed by atoms with E-state index in [9.17, 15) is 4.79 Å². The van der Waals surface area contributed by atoms with Gasteiger partial charge in [-0.2, -0.15) is 5.26 Å². The molecule has 0 unspecified atom stereocenters. The Kier molecular flexibility index (Phi) is 3.10. The fraction of sp³-hybridized carbons (Fsp3) is 0.231. The normalized spacial score (nSPS) is 10.1. The van der Waals surface area contributed by atoms with Crippen LogP contribution in [0.5, 0.6) is 0 Å². The molecular formula is C13H12N2O2. The Bertz CT molecular complexity index is 580. The number of hydrogen-bond donors (Lipinski definition) is 0. The van der Waals surface area contributed by atoms with Crippen molar-refractivity contribution in [3.05, 3.63) is 30.5 Å². The van der Waals surface area contributed by atoms with Crippen molar-refractivity contribution in [3.8, 4) is 6.07 Å². The molecule has 2 rings (SSSR count). The molecule has 0 saturated carbocycles. The minimum Gasteiger partial charge on any atom is -0.462 e. The summed E-state index contributed by atoms with van der Waals surface area (Å²) in [6.07, 6.45) is 1.57. The van der Waals surface area contributed by atoms with Crippen LogP contribution in [-0.4, -0.2) is 19.4 Å². The van der Waals surface area contributed by atoms with Crippen LogP contribution in [0.25, 0.3) is 11.0 Å². The molecule has 0 aliphatic heterocycles. The summed E-state index contributed by atoms with van der Waals surface area (Å²) in [4.78, 5) is 13.2. The molecule has 86 valence electrons. The molecule has 0 bridgehead atoms. The highest BCUT2D eigenvalue weighted by molar-refractivity contribution is 5.93. The van der Waals surface area contributed by atoms with Crippen molar-refractivity contribution >= 4 is 22.4 Å². The fourth-order valence-electron chi connectivity index (χ4n) is 1.75. The zero-order valence-corrected chi connectivity index (χ0v) is 9.51. The average molecular weight is 228 g/mol. The zero-order chi connectivity index (χ0) is 12.3. The smallest absolute Gasteiger partial charge is 0.166 e. The molecule has 1 aromatic heterocycles. The summed E-state index contributed by atoms with van der Waals surface area (Å²) >= 11 is 0. The number of carbonyl (C=O) groups is 1. The summed E-state index contributed by atoms with van der Waals surface area (Å²) in [7, 11) is 1.81. The lowest BCUT2D eigenvalue weighted by Gasteiger charge is -2.15. The third kappa shape index (κ3) is 2.28. The first-order chi connectivity index (χ1) is 8.22. The van der Waals surface area contributed by atoms with E-state index in [4.69, 9.17) is 9.68 Å². The van der Waals surface area contributed by atoms with E-state index in [0.29, 0.717) is 0 Å². The van der Waals surface area contributed by atoms with Crippen LogP contribution in [-0.2, 0) is 4.79 Å². The minimum atomic E-state index is -0.0970. The van der Waals surface area contributed by atoms with Crippen molar-refractivity contribution in [2.75, 3.05) is 18.5 Å². The van der Waals surface area contributed by atoms with Crippen molar-refractivity contribution in [3.63, 3.8) is 0 Å². The quantitative estimate of drug-likeness (QED) is 0.806. The van der Waals surface area contributed by atoms with Gasteiger partial charge in [0.25, 0.3) is 0 Å². The molecule has 0 aliphatic carbocycles. The largest absolute Gasteiger partial charge is 0.462 e. The van der Waals surface area contributed by atoms with Crippen LogP contribution in [0.4, 0.5) is 5.69 Å². The molecule has 0 aliphatic rings. The van der Waals surface area contributed by atoms with Gasteiger partial charge in [-0.15, -0.1) is 0 Å². The summed E-state index contributed by atoms with van der Waals surface area (Å²) in [5, 5.41) is 9.42. The number of furan rings is 1. The second-order valence-corrected chi connectivity index (χ2v) is 3.85. The molecule has 0 spiro atoms. The van der Waals surface area contributed by atoms with Crippen molar-refractivity contribution in [1.29, 1.82) is 5.26 Å². The molecule has 0 N–H and O–H groups in total. The van der Waals surface area contributed by atoms with E-state index in [1.54, 1.807) is 11.2 Å². The summed E-state index contributed by atoms with van der Waals surface area (Å²) in [6.45, 7) is 0.219. The van der Waals surface area contributed by atoms with Crippen LogP contribution in [0.2, 0.25) is 0 Å². The minimum absolute atomic E-state index is 0.0554. The first kappa shape index (κ1) is 11.2. The predicted molar refractivity (Wildman–Crippen MR) is 64.7 cm³/mol. The summed E-state index contributed by atoms with van der Waals surface area (Å²) in [5.74, 6) is -0.0970. The van der Waals surface area contributed by atoms with Gasteiger partial charge in [-0.3, -0.25) is 4.79 Å². The molecule has 0 radical (unpaired) electrons. The van der Waals surface area contributed by atoms with E-state index >= 15 is 0 Å². The number of Topliss-reactive ketones (excluding diaryl/α,β-unsaturated/α-hetero) is 1. The Morgan fingerprint density at radius 2 is 2.24 bits per heavy atom. The molecule has 4 heteroatoms. The molecule has 1 aromatic carbocycles. The maximum absolute atomic E-state index is 11.4. The van der Waals surface area contributed by atoms with E-state index in [1.807, 2.05) is 37.4 Å². The van der Waals surface area contributed by atoms with Gasteiger partial charge >= 0.3 is 0 Å². The fourth-order valence-corrected chi connectivity index (χ4v) is 1.75. The number of anilines is 1. The zero-order valence-electron chi connectivity index (χ0n) is 9.51. The molecule has 0 amide bonds. The molecule has 4 nitrogen and oxygen atoms in total. The van der Waals surface area contributed by atoms with Gasteiger partial charge in [-0.1, -0.05) is 12.1 Å². The number of benzene rings is 1.